The third-order valence-corrected chi connectivity index (χ3v) is 3.95. The van der Waals surface area contributed by atoms with E-state index in [2.05, 4.69) is 0 Å². The number of aliphatic hydroxyl groups excluding tert-OH is 1. The van der Waals surface area contributed by atoms with Crippen molar-refractivity contribution >= 4 is 5.69 Å². The van der Waals surface area contributed by atoms with Crippen molar-refractivity contribution in [2.75, 3.05) is 0 Å². The summed E-state index contributed by atoms with van der Waals surface area (Å²) in [6, 6.07) is 6.48. The molecule has 1 fully saturated rings. The van der Waals surface area contributed by atoms with Crippen LogP contribution in [-0.4, -0.2) is 16.1 Å². The molecule has 0 heterocycles. The van der Waals surface area contributed by atoms with Crippen molar-refractivity contribution in [3.8, 4) is 0 Å². The highest BCUT2D eigenvalue weighted by Gasteiger charge is 2.17. The van der Waals surface area contributed by atoms with Gasteiger partial charge in [-0.1, -0.05) is 44.2 Å². The Morgan fingerprint density at radius 3 is 2.42 bits per heavy atom. The van der Waals surface area contributed by atoms with Gasteiger partial charge in [0.15, 0.2) is 0 Å². The van der Waals surface area contributed by atoms with Gasteiger partial charge in [-0.2, -0.15) is 0 Å². The van der Waals surface area contributed by atoms with E-state index in [-0.39, 0.29) is 11.8 Å². The first-order valence-electron chi connectivity index (χ1n) is 7.06. The van der Waals surface area contributed by atoms with E-state index in [4.69, 9.17) is 0 Å². The van der Waals surface area contributed by atoms with Crippen molar-refractivity contribution in [3.63, 3.8) is 0 Å². The summed E-state index contributed by atoms with van der Waals surface area (Å²) < 4.78 is 0. The first kappa shape index (κ1) is 14.0. The number of nitro benzene ring substituents is 1. The first-order chi connectivity index (χ1) is 9.15. The van der Waals surface area contributed by atoms with Crippen molar-refractivity contribution < 1.29 is 10.0 Å². The summed E-state index contributed by atoms with van der Waals surface area (Å²) in [5.41, 5.74) is 1.07. The van der Waals surface area contributed by atoms with Gasteiger partial charge < -0.3 is 5.11 Å². The van der Waals surface area contributed by atoms with Crippen LogP contribution in [0.15, 0.2) is 24.3 Å². The Labute approximate surface area is 113 Å². The summed E-state index contributed by atoms with van der Waals surface area (Å²) in [5.74, 6) is 0.654. The lowest BCUT2D eigenvalue weighted by Crippen LogP contribution is -2.18. The fraction of sp³-hybridized carbons (Fsp3) is 0.600. The van der Waals surface area contributed by atoms with Crippen molar-refractivity contribution in [1.29, 1.82) is 0 Å². The first-order valence-corrected chi connectivity index (χ1v) is 7.06. The van der Waals surface area contributed by atoms with Crippen LogP contribution in [0.1, 0.15) is 44.1 Å². The molecule has 1 N–H and O–H groups in total. The van der Waals surface area contributed by atoms with Crippen LogP contribution in [0.3, 0.4) is 0 Å². The molecule has 4 heteroatoms. The third-order valence-electron chi connectivity index (χ3n) is 3.95. The molecular weight excluding hydrogens is 242 g/mol. The lowest BCUT2D eigenvalue weighted by atomic mass is 9.84. The quantitative estimate of drug-likeness (QED) is 0.653. The van der Waals surface area contributed by atoms with Gasteiger partial charge in [-0.05, 0) is 24.3 Å². The van der Waals surface area contributed by atoms with Crippen LogP contribution in [0.2, 0.25) is 0 Å². The van der Waals surface area contributed by atoms with Crippen molar-refractivity contribution in [2.45, 2.75) is 51.0 Å². The second-order valence-electron chi connectivity index (χ2n) is 5.52. The smallest absolute Gasteiger partial charge is 0.269 e. The zero-order valence-corrected chi connectivity index (χ0v) is 11.1. The Hall–Kier alpha value is -1.42. The molecule has 0 aliphatic heterocycles. The van der Waals surface area contributed by atoms with E-state index in [9.17, 15) is 15.2 Å². The summed E-state index contributed by atoms with van der Waals surface area (Å²) in [5, 5.41) is 20.7. The van der Waals surface area contributed by atoms with Crippen LogP contribution in [0, 0.1) is 16.0 Å². The summed E-state index contributed by atoms with van der Waals surface area (Å²) in [7, 11) is 0. The molecule has 0 saturated heterocycles. The average Bonchev–Trinajstić information content (AvgIpc) is 2.40. The van der Waals surface area contributed by atoms with E-state index < -0.39 is 4.92 Å². The van der Waals surface area contributed by atoms with Crippen molar-refractivity contribution in [1.82, 2.24) is 0 Å². The number of aliphatic hydroxyl groups is 1. The number of nitro groups is 1. The molecule has 1 aromatic rings. The van der Waals surface area contributed by atoms with Crippen LogP contribution < -0.4 is 0 Å². The van der Waals surface area contributed by atoms with Crippen LogP contribution >= 0.6 is 0 Å². The highest BCUT2D eigenvalue weighted by atomic mass is 16.6. The van der Waals surface area contributed by atoms with E-state index >= 15 is 0 Å². The Bertz CT molecular complexity index is 410. The summed E-state index contributed by atoms with van der Waals surface area (Å²) in [6.07, 6.45) is 7.49. The van der Waals surface area contributed by atoms with Gasteiger partial charge in [0.25, 0.3) is 5.69 Å². The molecule has 1 aromatic carbocycles. The lowest BCUT2D eigenvalue weighted by molar-refractivity contribution is -0.384. The van der Waals surface area contributed by atoms with Crippen LogP contribution in [-0.2, 0) is 6.42 Å². The van der Waals surface area contributed by atoms with E-state index in [1.54, 1.807) is 12.1 Å². The molecule has 0 bridgehead atoms. The molecule has 1 unspecified atom stereocenters. The molecule has 19 heavy (non-hydrogen) atoms. The predicted octanol–water partition coefficient (Wildman–Crippen LogP) is 3.47. The number of nitrogens with zero attached hydrogens (tertiary/aromatic N) is 1. The van der Waals surface area contributed by atoms with Crippen molar-refractivity contribution in [3.05, 3.63) is 39.9 Å². The zero-order valence-electron chi connectivity index (χ0n) is 11.1. The molecule has 1 saturated carbocycles. The molecule has 1 aliphatic rings. The molecule has 0 aromatic heterocycles. The molecule has 4 nitrogen and oxygen atoms in total. The SMILES string of the molecule is O=[N+]([O-])c1ccc(CC(O)CC2CCCCC2)cc1. The maximum Gasteiger partial charge on any atom is 0.269 e. The van der Waals surface area contributed by atoms with Gasteiger partial charge in [-0.15, -0.1) is 0 Å². The molecule has 1 aliphatic carbocycles. The molecule has 0 amide bonds. The molecule has 104 valence electrons. The van der Waals surface area contributed by atoms with Crippen LogP contribution in [0.5, 0.6) is 0 Å². The number of hydrogen-bond acceptors (Lipinski definition) is 3. The van der Waals surface area contributed by atoms with Gasteiger partial charge in [0.05, 0.1) is 11.0 Å². The van der Waals surface area contributed by atoms with E-state index in [1.807, 2.05) is 0 Å². The fourth-order valence-corrected chi connectivity index (χ4v) is 2.92. The third kappa shape index (κ3) is 4.31. The second-order valence-corrected chi connectivity index (χ2v) is 5.52. The largest absolute Gasteiger partial charge is 0.393 e. The van der Waals surface area contributed by atoms with E-state index in [0.29, 0.717) is 12.3 Å². The minimum Gasteiger partial charge on any atom is -0.393 e. The second kappa shape index (κ2) is 6.66. The highest BCUT2D eigenvalue weighted by Crippen LogP contribution is 2.28. The maximum absolute atomic E-state index is 10.6. The highest BCUT2D eigenvalue weighted by molar-refractivity contribution is 5.33. The minimum absolute atomic E-state index is 0.102. The monoisotopic (exact) mass is 263 g/mol. The lowest BCUT2D eigenvalue weighted by Gasteiger charge is -2.24. The van der Waals surface area contributed by atoms with Crippen LogP contribution in [0.25, 0.3) is 0 Å². The maximum atomic E-state index is 10.6. The Balaban J connectivity index is 1.83. The summed E-state index contributed by atoms with van der Waals surface area (Å²) >= 11 is 0. The van der Waals surface area contributed by atoms with E-state index in [1.165, 1.54) is 44.2 Å². The number of hydrogen-bond donors (Lipinski definition) is 1. The standard InChI is InChI=1S/C15H21NO3/c17-15(10-12-4-2-1-3-5-12)11-13-6-8-14(9-7-13)16(18)19/h6-9,12,15,17H,1-5,10-11H2. The van der Waals surface area contributed by atoms with Gasteiger partial charge in [-0.3, -0.25) is 10.1 Å². The van der Waals surface area contributed by atoms with Gasteiger partial charge in [0.2, 0.25) is 0 Å². The van der Waals surface area contributed by atoms with Gasteiger partial charge in [0.1, 0.15) is 0 Å². The predicted molar refractivity (Wildman–Crippen MR) is 74.0 cm³/mol. The Morgan fingerprint density at radius 1 is 1.21 bits per heavy atom. The van der Waals surface area contributed by atoms with Gasteiger partial charge >= 0.3 is 0 Å². The fourth-order valence-electron chi connectivity index (χ4n) is 2.92. The van der Waals surface area contributed by atoms with Gasteiger partial charge in [0, 0.05) is 12.1 Å². The summed E-state index contributed by atoms with van der Waals surface area (Å²) in [4.78, 5) is 10.2. The average molecular weight is 263 g/mol. The number of rotatable bonds is 5. The summed E-state index contributed by atoms with van der Waals surface area (Å²) in [6.45, 7) is 0. The topological polar surface area (TPSA) is 63.4 Å². The van der Waals surface area contributed by atoms with E-state index in [0.717, 1.165) is 12.0 Å². The van der Waals surface area contributed by atoms with Crippen molar-refractivity contribution in [2.24, 2.45) is 5.92 Å². The Kier molecular flexibility index (Phi) is 4.91. The van der Waals surface area contributed by atoms with Gasteiger partial charge in [-0.25, -0.2) is 0 Å². The number of benzene rings is 1. The molecule has 0 spiro atoms. The molecule has 0 radical (unpaired) electrons. The number of non-ortho nitro benzene ring substituents is 1. The molecule has 1 atom stereocenters. The Morgan fingerprint density at radius 2 is 1.84 bits per heavy atom. The van der Waals surface area contributed by atoms with Crippen LogP contribution in [0.4, 0.5) is 5.69 Å². The normalized spacial score (nSPS) is 18.2. The zero-order chi connectivity index (χ0) is 13.7. The molecular formula is C15H21NO3. The molecule has 2 rings (SSSR count). The minimum atomic E-state index is -0.401.